The Balaban J connectivity index is 2.33. The maximum atomic E-state index is 11.4. The highest BCUT2D eigenvalue weighted by atomic mass is 16.2. The minimum Gasteiger partial charge on any atom is -0.368 e. The monoisotopic (exact) mass is 220 g/mol. The second kappa shape index (κ2) is 5.90. The van der Waals surface area contributed by atoms with Gasteiger partial charge in [0.25, 0.3) is 0 Å². The highest BCUT2D eigenvalue weighted by Crippen LogP contribution is 2.02. The number of primary amides is 1. The van der Waals surface area contributed by atoms with Crippen LogP contribution in [0, 0.1) is 0 Å². The molecule has 4 nitrogen and oxygen atoms in total. The molecule has 0 aliphatic rings. The second-order valence-corrected chi connectivity index (χ2v) is 3.68. The number of hydrogen-bond acceptors (Lipinski definition) is 2. The number of nitrogens with two attached hydrogens (primary N) is 1. The molecule has 0 bridgehead atoms. The van der Waals surface area contributed by atoms with Crippen LogP contribution in [0.5, 0.6) is 0 Å². The van der Waals surface area contributed by atoms with Crippen LogP contribution in [0.15, 0.2) is 30.3 Å². The summed E-state index contributed by atoms with van der Waals surface area (Å²) in [6, 6.07) is 9.11. The third kappa shape index (κ3) is 4.13. The molecule has 0 fully saturated rings. The van der Waals surface area contributed by atoms with E-state index in [9.17, 15) is 9.59 Å². The van der Waals surface area contributed by atoms with E-state index >= 15 is 0 Å². The molecule has 1 aromatic rings. The normalized spacial score (nSPS) is 11.8. The minimum atomic E-state index is -0.608. The van der Waals surface area contributed by atoms with Crippen molar-refractivity contribution in [2.75, 3.05) is 0 Å². The van der Waals surface area contributed by atoms with Crippen molar-refractivity contribution in [1.29, 1.82) is 0 Å². The number of amides is 2. The molecule has 0 spiro atoms. The summed E-state index contributed by atoms with van der Waals surface area (Å²) in [4.78, 5) is 22.1. The second-order valence-electron chi connectivity index (χ2n) is 3.68. The van der Waals surface area contributed by atoms with Gasteiger partial charge in [0.15, 0.2) is 0 Å². The Morgan fingerprint density at radius 3 is 2.50 bits per heavy atom. The number of aryl methyl sites for hydroxylation is 1. The fraction of sp³-hybridized carbons (Fsp3) is 0.333. The molecule has 2 amide bonds. The van der Waals surface area contributed by atoms with Crippen molar-refractivity contribution in [3.8, 4) is 0 Å². The van der Waals surface area contributed by atoms with Crippen LogP contribution >= 0.6 is 0 Å². The van der Waals surface area contributed by atoms with Crippen molar-refractivity contribution < 1.29 is 9.59 Å². The fourth-order valence-corrected chi connectivity index (χ4v) is 1.29. The summed E-state index contributed by atoms with van der Waals surface area (Å²) in [5, 5.41) is 2.54. The molecule has 16 heavy (non-hydrogen) atoms. The number of carbonyl (C=O) groups excluding carboxylic acids is 2. The van der Waals surface area contributed by atoms with Crippen LogP contribution in [-0.4, -0.2) is 17.9 Å². The first-order valence-electron chi connectivity index (χ1n) is 5.22. The van der Waals surface area contributed by atoms with E-state index in [4.69, 9.17) is 5.73 Å². The minimum absolute atomic E-state index is 0.157. The molecule has 4 heteroatoms. The van der Waals surface area contributed by atoms with Crippen LogP contribution in [-0.2, 0) is 16.0 Å². The zero-order chi connectivity index (χ0) is 12.0. The first-order valence-corrected chi connectivity index (χ1v) is 5.22. The van der Waals surface area contributed by atoms with Gasteiger partial charge in [0, 0.05) is 6.42 Å². The van der Waals surface area contributed by atoms with E-state index in [0.717, 1.165) is 5.56 Å². The molecule has 1 rings (SSSR count). The van der Waals surface area contributed by atoms with Crippen molar-refractivity contribution in [1.82, 2.24) is 5.32 Å². The molecule has 1 aromatic carbocycles. The lowest BCUT2D eigenvalue weighted by Crippen LogP contribution is -2.42. The zero-order valence-electron chi connectivity index (χ0n) is 9.27. The van der Waals surface area contributed by atoms with Gasteiger partial charge >= 0.3 is 0 Å². The Hall–Kier alpha value is -1.84. The lowest BCUT2D eigenvalue weighted by Gasteiger charge is -2.09. The predicted molar refractivity (Wildman–Crippen MR) is 61.6 cm³/mol. The van der Waals surface area contributed by atoms with E-state index in [1.54, 1.807) is 6.92 Å². The van der Waals surface area contributed by atoms with Gasteiger partial charge in [-0.3, -0.25) is 9.59 Å². The van der Waals surface area contributed by atoms with Crippen LogP contribution in [0.3, 0.4) is 0 Å². The molecule has 86 valence electrons. The van der Waals surface area contributed by atoms with E-state index < -0.39 is 11.9 Å². The van der Waals surface area contributed by atoms with Crippen molar-refractivity contribution in [2.45, 2.75) is 25.8 Å². The molecule has 0 unspecified atom stereocenters. The average Bonchev–Trinajstić information content (AvgIpc) is 2.27. The molecule has 0 radical (unpaired) electrons. The summed E-state index contributed by atoms with van der Waals surface area (Å²) in [6.45, 7) is 1.57. The number of benzene rings is 1. The summed E-state index contributed by atoms with van der Waals surface area (Å²) < 4.78 is 0. The quantitative estimate of drug-likeness (QED) is 0.763. The van der Waals surface area contributed by atoms with Gasteiger partial charge in [-0.15, -0.1) is 0 Å². The van der Waals surface area contributed by atoms with Gasteiger partial charge in [0.05, 0.1) is 0 Å². The summed E-state index contributed by atoms with van der Waals surface area (Å²) >= 11 is 0. The van der Waals surface area contributed by atoms with Gasteiger partial charge in [-0.05, 0) is 18.9 Å². The van der Waals surface area contributed by atoms with Crippen molar-refractivity contribution in [3.63, 3.8) is 0 Å². The Labute approximate surface area is 94.8 Å². The van der Waals surface area contributed by atoms with E-state index in [1.807, 2.05) is 30.3 Å². The van der Waals surface area contributed by atoms with Crippen LogP contribution in [0.2, 0.25) is 0 Å². The average molecular weight is 220 g/mol. The van der Waals surface area contributed by atoms with Crippen molar-refractivity contribution >= 4 is 11.8 Å². The highest BCUT2D eigenvalue weighted by molar-refractivity contribution is 5.86. The molecule has 1 atom stereocenters. The van der Waals surface area contributed by atoms with E-state index in [-0.39, 0.29) is 5.91 Å². The lowest BCUT2D eigenvalue weighted by atomic mass is 10.1. The van der Waals surface area contributed by atoms with Crippen LogP contribution < -0.4 is 11.1 Å². The third-order valence-electron chi connectivity index (χ3n) is 2.29. The van der Waals surface area contributed by atoms with Gasteiger partial charge in [-0.25, -0.2) is 0 Å². The summed E-state index contributed by atoms with van der Waals surface area (Å²) in [6.07, 6.45) is 1.03. The van der Waals surface area contributed by atoms with Gasteiger partial charge < -0.3 is 11.1 Å². The fourth-order valence-electron chi connectivity index (χ4n) is 1.29. The van der Waals surface area contributed by atoms with Crippen molar-refractivity contribution in [2.24, 2.45) is 5.73 Å². The largest absolute Gasteiger partial charge is 0.368 e. The molecule has 0 aromatic heterocycles. The first kappa shape index (κ1) is 12.2. The topological polar surface area (TPSA) is 72.2 Å². The number of hydrogen-bond donors (Lipinski definition) is 2. The molecule has 0 saturated heterocycles. The third-order valence-corrected chi connectivity index (χ3v) is 2.29. The maximum Gasteiger partial charge on any atom is 0.239 e. The zero-order valence-corrected chi connectivity index (χ0v) is 9.27. The van der Waals surface area contributed by atoms with Crippen LogP contribution in [0.4, 0.5) is 0 Å². The standard InChI is InChI=1S/C12H16N2O2/c1-9(12(13)16)14-11(15)8-7-10-5-3-2-4-6-10/h2-6,9H,7-8H2,1H3,(H2,13,16)(H,14,15)/t9-/m1/s1. The predicted octanol–water partition coefficient (Wildman–Crippen LogP) is 0.609. The van der Waals surface area contributed by atoms with Gasteiger partial charge in [0.1, 0.15) is 6.04 Å². The Morgan fingerprint density at radius 2 is 1.94 bits per heavy atom. The summed E-state index contributed by atoms with van der Waals surface area (Å²) in [5.74, 6) is -0.678. The molecular formula is C12H16N2O2. The first-order chi connectivity index (χ1) is 7.59. The molecule has 0 heterocycles. The van der Waals surface area contributed by atoms with Gasteiger partial charge in [0.2, 0.25) is 11.8 Å². The number of carbonyl (C=O) groups is 2. The number of rotatable bonds is 5. The lowest BCUT2D eigenvalue weighted by molar-refractivity contribution is -0.126. The number of nitrogens with one attached hydrogen (secondary N) is 1. The molecule has 0 saturated carbocycles. The smallest absolute Gasteiger partial charge is 0.239 e. The van der Waals surface area contributed by atoms with Gasteiger partial charge in [-0.1, -0.05) is 30.3 Å². The van der Waals surface area contributed by atoms with Crippen molar-refractivity contribution in [3.05, 3.63) is 35.9 Å². The van der Waals surface area contributed by atoms with E-state index in [1.165, 1.54) is 0 Å². The molecule has 0 aliphatic carbocycles. The Kier molecular flexibility index (Phi) is 4.51. The van der Waals surface area contributed by atoms with Crippen LogP contribution in [0.1, 0.15) is 18.9 Å². The summed E-state index contributed by atoms with van der Waals surface area (Å²) in [7, 11) is 0. The maximum absolute atomic E-state index is 11.4. The summed E-state index contributed by atoms with van der Waals surface area (Å²) in [5.41, 5.74) is 6.14. The Morgan fingerprint density at radius 1 is 1.31 bits per heavy atom. The molecule has 0 aliphatic heterocycles. The highest BCUT2D eigenvalue weighted by Gasteiger charge is 2.11. The van der Waals surface area contributed by atoms with Gasteiger partial charge in [-0.2, -0.15) is 0 Å². The Bertz CT molecular complexity index is 363. The SMILES string of the molecule is C[C@@H](NC(=O)CCc1ccccc1)C(N)=O. The molecule has 3 N–H and O–H groups in total. The van der Waals surface area contributed by atoms with E-state index in [0.29, 0.717) is 12.8 Å². The molecular weight excluding hydrogens is 204 g/mol. The van der Waals surface area contributed by atoms with Crippen LogP contribution in [0.25, 0.3) is 0 Å². The van der Waals surface area contributed by atoms with E-state index in [2.05, 4.69) is 5.32 Å².